The first-order valence-corrected chi connectivity index (χ1v) is 22.6. The summed E-state index contributed by atoms with van der Waals surface area (Å²) >= 11 is 0. The highest BCUT2D eigenvalue weighted by molar-refractivity contribution is 6.75. The van der Waals surface area contributed by atoms with Crippen molar-refractivity contribution in [3.05, 3.63) is 24.8 Å². The maximum absolute atomic E-state index is 11.6. The smallest absolute Gasteiger partial charge is 0.328 e. The first-order chi connectivity index (χ1) is 16.7. The molecule has 0 rings (SSSR count). The van der Waals surface area contributed by atoms with Gasteiger partial charge in [0.15, 0.2) is 25.0 Å². The van der Waals surface area contributed by atoms with E-state index in [0.717, 1.165) is 31.0 Å². The molecule has 37 heavy (non-hydrogen) atoms. The predicted molar refractivity (Wildman–Crippen MR) is 167 cm³/mol. The number of allylic oxidation sites excluding steroid dienone is 1. The topological polar surface area (TPSA) is 65.0 Å². The molecule has 0 aromatic heterocycles. The molecule has 0 fully saturated rings. The SMILES string of the molecule is C=CCC[C@H](C[C@H](O[Si](C)(C)C(C)(C)C)[C@H](/C=C/C(=O)O)O[Si](CC)(CC)CC)O[Si](C)(C)C(C)(C)C. The second kappa shape index (κ2) is 14.7. The van der Waals surface area contributed by atoms with E-state index >= 15 is 0 Å². The molecule has 0 aromatic rings. The van der Waals surface area contributed by atoms with Gasteiger partial charge in [0.2, 0.25) is 0 Å². The average molecular weight is 573 g/mol. The van der Waals surface area contributed by atoms with Gasteiger partial charge in [0, 0.05) is 18.6 Å². The number of carboxylic acids is 1. The molecule has 0 spiro atoms. The Hall–Kier alpha value is -0.519. The van der Waals surface area contributed by atoms with E-state index in [9.17, 15) is 9.90 Å². The summed E-state index contributed by atoms with van der Waals surface area (Å²) in [6.45, 7) is 33.2. The monoisotopic (exact) mass is 572 g/mol. The van der Waals surface area contributed by atoms with Gasteiger partial charge in [-0.1, -0.05) is 68.4 Å². The number of hydrogen-bond donors (Lipinski definition) is 1. The fourth-order valence-corrected chi connectivity index (χ4v) is 9.44. The number of carboxylic acid groups (broad SMARTS) is 1. The Morgan fingerprint density at radius 1 is 0.865 bits per heavy atom. The number of carbonyl (C=O) groups is 1. The predicted octanol–water partition coefficient (Wildman–Crippen LogP) is 9.15. The Labute approximate surface area is 232 Å². The van der Waals surface area contributed by atoms with E-state index in [2.05, 4.69) is 95.1 Å². The van der Waals surface area contributed by atoms with E-state index < -0.39 is 37.0 Å². The van der Waals surface area contributed by atoms with E-state index in [-0.39, 0.29) is 22.3 Å². The third kappa shape index (κ3) is 11.6. The first-order valence-electron chi connectivity index (χ1n) is 14.3. The van der Waals surface area contributed by atoms with Crippen LogP contribution in [-0.4, -0.2) is 54.3 Å². The minimum atomic E-state index is -2.20. The standard InChI is InChI=1S/C29H60O5Si3/c1-15-19-20-24(32-35(11,12)28(5,6)7)23-26(33-36(13,14)29(8,9)10)25(21-22-27(30)31)34-37(16-2,17-3)18-4/h15,21-22,24-26H,1,16-20,23H2,2-14H3,(H,30,31)/b22-21+/t24-,25+,26+/m1/s1. The van der Waals surface area contributed by atoms with Crippen LogP contribution in [0.15, 0.2) is 24.8 Å². The van der Waals surface area contributed by atoms with Crippen LogP contribution in [0.3, 0.4) is 0 Å². The van der Waals surface area contributed by atoms with E-state index in [0.29, 0.717) is 6.42 Å². The van der Waals surface area contributed by atoms with Gasteiger partial charge in [-0.2, -0.15) is 0 Å². The average Bonchev–Trinajstić information content (AvgIpc) is 2.75. The summed E-state index contributed by atoms with van der Waals surface area (Å²) in [6.07, 6.45) is 6.59. The molecule has 0 unspecified atom stereocenters. The zero-order valence-electron chi connectivity index (χ0n) is 26.5. The van der Waals surface area contributed by atoms with Crippen molar-refractivity contribution in [2.24, 2.45) is 0 Å². The number of rotatable bonds is 17. The maximum atomic E-state index is 11.6. The molecular weight excluding hydrogens is 513 g/mol. The lowest BCUT2D eigenvalue weighted by Gasteiger charge is -2.45. The number of aliphatic carboxylic acids is 1. The quantitative estimate of drug-likeness (QED) is 0.107. The molecule has 5 nitrogen and oxygen atoms in total. The van der Waals surface area contributed by atoms with E-state index in [1.54, 1.807) is 6.08 Å². The summed E-state index contributed by atoms with van der Waals surface area (Å²) in [5.74, 6) is -0.961. The van der Waals surface area contributed by atoms with Crippen LogP contribution in [0.2, 0.25) is 54.4 Å². The molecule has 0 saturated heterocycles. The molecule has 218 valence electrons. The second-order valence-corrected chi connectivity index (χ2v) is 27.8. The van der Waals surface area contributed by atoms with Crippen molar-refractivity contribution in [3.63, 3.8) is 0 Å². The Morgan fingerprint density at radius 3 is 1.70 bits per heavy atom. The van der Waals surface area contributed by atoms with Crippen molar-refractivity contribution < 1.29 is 23.2 Å². The number of hydrogen-bond acceptors (Lipinski definition) is 4. The molecule has 0 aliphatic carbocycles. The molecule has 0 amide bonds. The van der Waals surface area contributed by atoms with Crippen LogP contribution in [-0.2, 0) is 18.1 Å². The fraction of sp³-hybridized carbons (Fsp3) is 0.828. The third-order valence-corrected chi connectivity index (χ3v) is 22.5. The molecule has 0 heterocycles. The Balaban J connectivity index is 6.68. The van der Waals surface area contributed by atoms with Gasteiger partial charge in [0.1, 0.15) is 0 Å². The third-order valence-electron chi connectivity index (χ3n) is 8.82. The van der Waals surface area contributed by atoms with Crippen LogP contribution in [0.25, 0.3) is 0 Å². The van der Waals surface area contributed by atoms with Gasteiger partial charge in [-0.25, -0.2) is 4.79 Å². The van der Waals surface area contributed by atoms with Crippen molar-refractivity contribution >= 4 is 30.9 Å². The lowest BCUT2D eigenvalue weighted by Crippen LogP contribution is -2.52. The zero-order chi connectivity index (χ0) is 29.3. The summed E-state index contributed by atoms with van der Waals surface area (Å²) in [5, 5.41) is 9.62. The Kier molecular flexibility index (Phi) is 14.5. The molecule has 0 aromatic carbocycles. The van der Waals surface area contributed by atoms with Gasteiger partial charge in [0.05, 0.1) is 12.2 Å². The van der Waals surface area contributed by atoms with Crippen LogP contribution >= 0.6 is 0 Å². The molecule has 0 bridgehead atoms. The molecule has 0 aliphatic heterocycles. The summed E-state index contributed by atoms with van der Waals surface area (Å²) in [4.78, 5) is 11.6. The van der Waals surface area contributed by atoms with Gasteiger partial charge < -0.3 is 18.4 Å². The maximum Gasteiger partial charge on any atom is 0.328 e. The lowest BCUT2D eigenvalue weighted by molar-refractivity contribution is -0.131. The van der Waals surface area contributed by atoms with Crippen LogP contribution in [0.1, 0.15) is 81.6 Å². The second-order valence-electron chi connectivity index (χ2n) is 13.5. The minimum absolute atomic E-state index is 0.0119. The molecule has 0 aliphatic rings. The largest absolute Gasteiger partial charge is 0.478 e. The van der Waals surface area contributed by atoms with Gasteiger partial charge >= 0.3 is 5.97 Å². The minimum Gasteiger partial charge on any atom is -0.478 e. The van der Waals surface area contributed by atoms with Crippen LogP contribution in [0, 0.1) is 0 Å². The summed E-state index contributed by atoms with van der Waals surface area (Å²) in [7, 11) is -6.28. The van der Waals surface area contributed by atoms with Crippen LogP contribution < -0.4 is 0 Å². The normalized spacial score (nSPS) is 16.6. The molecule has 8 heteroatoms. The summed E-state index contributed by atoms with van der Waals surface area (Å²) in [6, 6.07) is 2.97. The highest BCUT2D eigenvalue weighted by Crippen LogP contribution is 2.41. The lowest BCUT2D eigenvalue weighted by atomic mass is 10.0. The van der Waals surface area contributed by atoms with Crippen molar-refractivity contribution in [1.29, 1.82) is 0 Å². The highest BCUT2D eigenvalue weighted by Gasteiger charge is 2.44. The van der Waals surface area contributed by atoms with Gasteiger partial charge in [-0.3, -0.25) is 0 Å². The fourth-order valence-electron chi connectivity index (χ4n) is 3.89. The van der Waals surface area contributed by atoms with Gasteiger partial charge in [-0.15, -0.1) is 6.58 Å². The summed E-state index contributed by atoms with van der Waals surface area (Å²) in [5.41, 5.74) is 0. The van der Waals surface area contributed by atoms with Crippen molar-refractivity contribution in [2.75, 3.05) is 0 Å². The van der Waals surface area contributed by atoms with Crippen LogP contribution in [0.4, 0.5) is 0 Å². The van der Waals surface area contributed by atoms with Crippen molar-refractivity contribution in [1.82, 2.24) is 0 Å². The Bertz CT molecular complexity index is 723. The van der Waals surface area contributed by atoms with Gasteiger partial charge in [0.25, 0.3) is 0 Å². The van der Waals surface area contributed by atoms with E-state index in [1.165, 1.54) is 6.08 Å². The highest BCUT2D eigenvalue weighted by atomic mass is 28.4. The molecule has 0 saturated carbocycles. The van der Waals surface area contributed by atoms with Gasteiger partial charge in [-0.05, 0) is 73.3 Å². The molecule has 1 N–H and O–H groups in total. The van der Waals surface area contributed by atoms with E-state index in [4.69, 9.17) is 13.3 Å². The molecule has 3 atom stereocenters. The zero-order valence-corrected chi connectivity index (χ0v) is 29.5. The molecular formula is C29H60O5Si3. The van der Waals surface area contributed by atoms with Crippen molar-refractivity contribution in [3.8, 4) is 0 Å². The van der Waals surface area contributed by atoms with Crippen molar-refractivity contribution in [2.45, 2.75) is 154 Å². The van der Waals surface area contributed by atoms with E-state index in [1.807, 2.05) is 6.08 Å². The Morgan fingerprint density at radius 2 is 1.32 bits per heavy atom. The van der Waals surface area contributed by atoms with Crippen LogP contribution in [0.5, 0.6) is 0 Å². The molecule has 0 radical (unpaired) electrons. The first kappa shape index (κ1) is 36.5. The summed E-state index contributed by atoms with van der Waals surface area (Å²) < 4.78 is 21.0.